The average molecular weight is 393 g/mol. The molecule has 3 rings (SSSR count). The summed E-state index contributed by atoms with van der Waals surface area (Å²) in [5.41, 5.74) is 0.0449. The number of aromatic nitrogens is 3. The van der Waals surface area contributed by atoms with Crippen LogP contribution >= 0.6 is 15.9 Å². The minimum atomic E-state index is -0.236. The van der Waals surface area contributed by atoms with E-state index in [0.29, 0.717) is 19.0 Å². The van der Waals surface area contributed by atoms with Crippen LogP contribution in [0.5, 0.6) is 5.88 Å². The van der Waals surface area contributed by atoms with Gasteiger partial charge in [-0.25, -0.2) is 9.67 Å². The molecule has 1 fully saturated rings. The van der Waals surface area contributed by atoms with Gasteiger partial charge in [0.2, 0.25) is 5.88 Å². The van der Waals surface area contributed by atoms with Gasteiger partial charge >= 0.3 is 0 Å². The molecule has 1 aliphatic heterocycles. The van der Waals surface area contributed by atoms with Crippen LogP contribution in [-0.2, 0) is 7.05 Å². The van der Waals surface area contributed by atoms with Crippen molar-refractivity contribution in [3.05, 3.63) is 51.0 Å². The van der Waals surface area contributed by atoms with Gasteiger partial charge in [0.15, 0.2) is 0 Å². The smallest absolute Gasteiger partial charge is 0.274 e. The summed E-state index contributed by atoms with van der Waals surface area (Å²) in [6, 6.07) is 6.54. The number of aryl methyl sites for hydroxylation is 1. The highest BCUT2D eigenvalue weighted by atomic mass is 79.9. The van der Waals surface area contributed by atoms with E-state index in [1.54, 1.807) is 11.1 Å². The van der Waals surface area contributed by atoms with E-state index in [1.807, 2.05) is 12.1 Å². The third kappa shape index (κ3) is 3.64. The molecule has 0 aliphatic carbocycles. The molecule has 0 atom stereocenters. The Labute approximate surface area is 147 Å². The average Bonchev–Trinajstić information content (AvgIpc) is 2.59. The lowest BCUT2D eigenvalue weighted by Crippen LogP contribution is -2.42. The van der Waals surface area contributed by atoms with Crippen LogP contribution in [0.2, 0.25) is 0 Å². The monoisotopic (exact) mass is 392 g/mol. The van der Waals surface area contributed by atoms with Gasteiger partial charge in [-0.05, 0) is 34.1 Å². The Morgan fingerprint density at radius 1 is 1.29 bits per heavy atom. The highest BCUT2D eigenvalue weighted by molar-refractivity contribution is 9.10. The maximum absolute atomic E-state index is 12.5. The molecule has 0 saturated carbocycles. The summed E-state index contributed by atoms with van der Waals surface area (Å²) in [4.78, 5) is 29.8. The third-order valence-corrected chi connectivity index (χ3v) is 4.52. The standard InChI is InChI=1S/C16H17BrN4O3/c1-20-14(22)5-4-13(19-20)16(23)21-9-6-11(7-10-21)24-15-12(17)3-2-8-18-15/h2-5,8,11H,6-7,9-10H2,1H3. The molecule has 24 heavy (non-hydrogen) atoms. The van der Waals surface area contributed by atoms with Crippen LogP contribution in [0, 0.1) is 0 Å². The quantitative estimate of drug-likeness (QED) is 0.792. The molecular formula is C16H17BrN4O3. The van der Waals surface area contributed by atoms with Crippen molar-refractivity contribution in [3.8, 4) is 5.88 Å². The number of piperidine rings is 1. The second kappa shape index (κ2) is 7.12. The maximum Gasteiger partial charge on any atom is 0.274 e. The first-order chi connectivity index (χ1) is 11.5. The summed E-state index contributed by atoms with van der Waals surface area (Å²) < 4.78 is 7.88. The van der Waals surface area contributed by atoms with Gasteiger partial charge in [-0.2, -0.15) is 5.10 Å². The lowest BCUT2D eigenvalue weighted by molar-refractivity contribution is 0.0579. The van der Waals surface area contributed by atoms with E-state index in [-0.39, 0.29) is 23.3 Å². The van der Waals surface area contributed by atoms with Crippen molar-refractivity contribution in [2.45, 2.75) is 18.9 Å². The Hall–Kier alpha value is -2.22. The Bertz CT molecular complexity index is 800. The number of carbonyl (C=O) groups excluding carboxylic acids is 1. The SMILES string of the molecule is Cn1nc(C(=O)N2CCC(Oc3ncccc3Br)CC2)ccc1=O. The van der Waals surface area contributed by atoms with Crippen LogP contribution in [0.25, 0.3) is 0 Å². The van der Waals surface area contributed by atoms with Gasteiger partial charge in [0.25, 0.3) is 11.5 Å². The predicted molar refractivity (Wildman–Crippen MR) is 91.0 cm³/mol. The first-order valence-electron chi connectivity index (χ1n) is 7.65. The number of ether oxygens (including phenoxy) is 1. The van der Waals surface area contributed by atoms with E-state index in [9.17, 15) is 9.59 Å². The summed E-state index contributed by atoms with van der Waals surface area (Å²) in [6.07, 6.45) is 3.15. The zero-order valence-electron chi connectivity index (χ0n) is 13.2. The predicted octanol–water partition coefficient (Wildman–Crippen LogP) is 1.62. The summed E-state index contributed by atoms with van der Waals surface area (Å²) in [7, 11) is 1.53. The van der Waals surface area contributed by atoms with Crippen molar-refractivity contribution in [2.24, 2.45) is 7.05 Å². The molecule has 2 aromatic rings. The molecule has 0 spiro atoms. The van der Waals surface area contributed by atoms with Gasteiger partial charge in [0, 0.05) is 45.2 Å². The second-order valence-corrected chi connectivity index (χ2v) is 6.43. The van der Waals surface area contributed by atoms with Gasteiger partial charge in [-0.15, -0.1) is 0 Å². The summed E-state index contributed by atoms with van der Waals surface area (Å²) in [5.74, 6) is 0.407. The number of amides is 1. The highest BCUT2D eigenvalue weighted by Gasteiger charge is 2.26. The fourth-order valence-corrected chi connectivity index (χ4v) is 2.92. The topological polar surface area (TPSA) is 77.3 Å². The Morgan fingerprint density at radius 3 is 2.71 bits per heavy atom. The largest absolute Gasteiger partial charge is 0.473 e. The Morgan fingerprint density at radius 2 is 2.04 bits per heavy atom. The number of halogens is 1. The van der Waals surface area contributed by atoms with Crippen LogP contribution in [0.3, 0.4) is 0 Å². The summed E-state index contributed by atoms with van der Waals surface area (Å²) >= 11 is 3.41. The molecular weight excluding hydrogens is 376 g/mol. The van der Waals surface area contributed by atoms with Gasteiger partial charge in [0.05, 0.1) is 4.47 Å². The number of pyridine rings is 1. The van der Waals surface area contributed by atoms with Gasteiger partial charge < -0.3 is 9.64 Å². The molecule has 0 N–H and O–H groups in total. The van der Waals surface area contributed by atoms with Crippen molar-refractivity contribution >= 4 is 21.8 Å². The lowest BCUT2D eigenvalue weighted by Gasteiger charge is -2.31. The molecule has 1 saturated heterocycles. The maximum atomic E-state index is 12.5. The van der Waals surface area contributed by atoms with Crippen molar-refractivity contribution in [3.63, 3.8) is 0 Å². The minimum absolute atomic E-state index is 0.0216. The number of carbonyl (C=O) groups is 1. The molecule has 0 unspecified atom stereocenters. The number of rotatable bonds is 3. The van der Waals surface area contributed by atoms with E-state index in [1.165, 1.54) is 23.9 Å². The number of hydrogen-bond donors (Lipinski definition) is 0. The van der Waals surface area contributed by atoms with Gasteiger partial charge in [0.1, 0.15) is 11.8 Å². The fraction of sp³-hybridized carbons (Fsp3) is 0.375. The minimum Gasteiger partial charge on any atom is -0.473 e. The van der Waals surface area contributed by atoms with E-state index >= 15 is 0 Å². The summed E-state index contributed by atoms with van der Waals surface area (Å²) in [5, 5.41) is 4.01. The van der Waals surface area contributed by atoms with E-state index < -0.39 is 0 Å². The molecule has 7 nitrogen and oxygen atoms in total. The molecule has 2 aromatic heterocycles. The lowest BCUT2D eigenvalue weighted by atomic mass is 10.1. The van der Waals surface area contributed by atoms with Gasteiger partial charge in [-0.3, -0.25) is 9.59 Å². The van der Waals surface area contributed by atoms with Crippen LogP contribution in [0.4, 0.5) is 0 Å². The van der Waals surface area contributed by atoms with Crippen molar-refractivity contribution in [1.29, 1.82) is 0 Å². The number of hydrogen-bond acceptors (Lipinski definition) is 5. The Kier molecular flexibility index (Phi) is 4.94. The van der Waals surface area contributed by atoms with Crippen molar-refractivity contribution < 1.29 is 9.53 Å². The van der Waals surface area contributed by atoms with Crippen LogP contribution < -0.4 is 10.3 Å². The Balaban J connectivity index is 1.60. The summed E-state index contributed by atoms with van der Waals surface area (Å²) in [6.45, 7) is 1.16. The normalized spacial score (nSPS) is 15.3. The zero-order chi connectivity index (χ0) is 17.1. The van der Waals surface area contributed by atoms with Crippen molar-refractivity contribution in [2.75, 3.05) is 13.1 Å². The first kappa shape index (κ1) is 16.6. The molecule has 0 radical (unpaired) electrons. The highest BCUT2D eigenvalue weighted by Crippen LogP contribution is 2.25. The molecule has 126 valence electrons. The molecule has 1 aliphatic rings. The van der Waals surface area contributed by atoms with E-state index in [2.05, 4.69) is 26.0 Å². The third-order valence-electron chi connectivity index (χ3n) is 3.91. The van der Waals surface area contributed by atoms with E-state index in [0.717, 1.165) is 17.3 Å². The van der Waals surface area contributed by atoms with E-state index in [4.69, 9.17) is 4.74 Å². The first-order valence-corrected chi connectivity index (χ1v) is 8.44. The van der Waals surface area contributed by atoms with Crippen molar-refractivity contribution in [1.82, 2.24) is 19.7 Å². The van der Waals surface area contributed by atoms with Crippen LogP contribution in [0.15, 0.2) is 39.7 Å². The van der Waals surface area contributed by atoms with Crippen LogP contribution in [0.1, 0.15) is 23.3 Å². The fourth-order valence-electron chi connectivity index (χ4n) is 2.57. The number of likely N-dealkylation sites (tertiary alicyclic amines) is 1. The van der Waals surface area contributed by atoms with Crippen LogP contribution in [-0.4, -0.2) is 44.8 Å². The zero-order valence-corrected chi connectivity index (χ0v) is 14.8. The molecule has 0 aromatic carbocycles. The molecule has 3 heterocycles. The second-order valence-electron chi connectivity index (χ2n) is 5.58. The molecule has 0 bridgehead atoms. The van der Waals surface area contributed by atoms with Gasteiger partial charge in [-0.1, -0.05) is 0 Å². The molecule has 1 amide bonds. The number of nitrogens with zero attached hydrogens (tertiary/aromatic N) is 4. The molecule has 8 heteroatoms.